The maximum atomic E-state index is 12.2. The molecule has 0 aliphatic carbocycles. The second-order valence-corrected chi connectivity index (χ2v) is 5.79. The number of ether oxygens (including phenoxy) is 3. The Bertz CT molecular complexity index is 705. The highest BCUT2D eigenvalue weighted by molar-refractivity contribution is 5.94. The predicted molar refractivity (Wildman–Crippen MR) is 91.8 cm³/mol. The summed E-state index contributed by atoms with van der Waals surface area (Å²) in [6.07, 6.45) is 0.994. The first-order valence-corrected chi connectivity index (χ1v) is 8.13. The quantitative estimate of drug-likeness (QED) is 0.863. The lowest BCUT2D eigenvalue weighted by atomic mass is 10.1. The van der Waals surface area contributed by atoms with Crippen molar-refractivity contribution in [2.75, 3.05) is 34.0 Å². The van der Waals surface area contributed by atoms with Crippen molar-refractivity contribution in [3.8, 4) is 23.1 Å². The molecule has 25 heavy (non-hydrogen) atoms. The van der Waals surface area contributed by atoms with E-state index in [4.69, 9.17) is 14.2 Å². The Morgan fingerprint density at radius 2 is 1.88 bits per heavy atom. The van der Waals surface area contributed by atoms with Crippen LogP contribution in [0.4, 0.5) is 0 Å². The molecule has 2 aromatic rings. The monoisotopic (exact) mass is 343 g/mol. The summed E-state index contributed by atoms with van der Waals surface area (Å²) >= 11 is 0. The van der Waals surface area contributed by atoms with Gasteiger partial charge in [-0.05, 0) is 18.6 Å². The van der Waals surface area contributed by atoms with E-state index in [-0.39, 0.29) is 5.91 Å². The van der Waals surface area contributed by atoms with Gasteiger partial charge in [-0.2, -0.15) is 9.97 Å². The molecule has 1 aliphatic heterocycles. The van der Waals surface area contributed by atoms with Crippen molar-refractivity contribution < 1.29 is 19.0 Å². The van der Waals surface area contributed by atoms with Crippen LogP contribution < -0.4 is 14.8 Å². The SMILES string of the molecule is COc1cc(OC)nc(-c2ccc(C(=O)NCC3CCOC3)cc2)n1. The van der Waals surface area contributed by atoms with E-state index in [0.29, 0.717) is 42.2 Å². The van der Waals surface area contributed by atoms with Crippen LogP contribution >= 0.6 is 0 Å². The second kappa shape index (κ2) is 7.94. The third kappa shape index (κ3) is 4.24. The van der Waals surface area contributed by atoms with Gasteiger partial charge in [-0.15, -0.1) is 0 Å². The number of carbonyl (C=O) groups excluding carboxylic acids is 1. The van der Waals surface area contributed by atoms with Gasteiger partial charge in [0.2, 0.25) is 11.8 Å². The number of carbonyl (C=O) groups is 1. The average molecular weight is 343 g/mol. The van der Waals surface area contributed by atoms with E-state index in [2.05, 4.69) is 15.3 Å². The minimum absolute atomic E-state index is 0.0948. The summed E-state index contributed by atoms with van der Waals surface area (Å²) in [5.74, 6) is 1.62. The summed E-state index contributed by atoms with van der Waals surface area (Å²) in [5.41, 5.74) is 1.37. The Labute approximate surface area is 146 Å². The van der Waals surface area contributed by atoms with Crippen molar-refractivity contribution >= 4 is 5.91 Å². The predicted octanol–water partition coefficient (Wildman–Crippen LogP) is 1.93. The molecular weight excluding hydrogens is 322 g/mol. The number of methoxy groups -OCH3 is 2. The third-order valence-corrected chi connectivity index (χ3v) is 4.08. The fourth-order valence-electron chi connectivity index (χ4n) is 2.60. The van der Waals surface area contributed by atoms with Crippen LogP contribution in [0, 0.1) is 5.92 Å². The number of benzene rings is 1. The van der Waals surface area contributed by atoms with Crippen molar-refractivity contribution in [1.29, 1.82) is 0 Å². The molecule has 0 saturated carbocycles. The number of nitrogens with zero attached hydrogens (tertiary/aromatic N) is 2. The highest BCUT2D eigenvalue weighted by Crippen LogP contribution is 2.22. The normalized spacial score (nSPS) is 16.5. The van der Waals surface area contributed by atoms with Crippen LogP contribution in [0.25, 0.3) is 11.4 Å². The van der Waals surface area contributed by atoms with Gasteiger partial charge >= 0.3 is 0 Å². The Kier molecular flexibility index (Phi) is 5.45. The Hall–Kier alpha value is -2.67. The molecule has 1 aromatic carbocycles. The van der Waals surface area contributed by atoms with Gasteiger partial charge in [0.05, 0.1) is 26.9 Å². The summed E-state index contributed by atoms with van der Waals surface area (Å²) in [6.45, 7) is 2.13. The van der Waals surface area contributed by atoms with Crippen LogP contribution in [0.5, 0.6) is 11.8 Å². The summed E-state index contributed by atoms with van der Waals surface area (Å²) in [4.78, 5) is 20.8. The van der Waals surface area contributed by atoms with E-state index in [1.54, 1.807) is 18.2 Å². The van der Waals surface area contributed by atoms with Crippen LogP contribution in [0.2, 0.25) is 0 Å². The molecule has 1 unspecified atom stereocenters. The molecule has 1 fully saturated rings. The van der Waals surface area contributed by atoms with Crippen molar-refractivity contribution in [1.82, 2.24) is 15.3 Å². The zero-order chi connectivity index (χ0) is 17.6. The topological polar surface area (TPSA) is 82.6 Å². The highest BCUT2D eigenvalue weighted by atomic mass is 16.5. The number of hydrogen-bond donors (Lipinski definition) is 1. The van der Waals surface area contributed by atoms with E-state index in [1.165, 1.54) is 14.2 Å². The van der Waals surface area contributed by atoms with Crippen molar-refractivity contribution in [3.63, 3.8) is 0 Å². The van der Waals surface area contributed by atoms with E-state index >= 15 is 0 Å². The molecule has 1 amide bonds. The Morgan fingerprint density at radius 3 is 2.44 bits per heavy atom. The lowest BCUT2D eigenvalue weighted by molar-refractivity contribution is 0.0945. The number of amides is 1. The van der Waals surface area contributed by atoms with Crippen LogP contribution in [0.1, 0.15) is 16.8 Å². The smallest absolute Gasteiger partial charge is 0.251 e. The van der Waals surface area contributed by atoms with Gasteiger partial charge in [-0.3, -0.25) is 4.79 Å². The Balaban J connectivity index is 1.70. The summed E-state index contributed by atoms with van der Waals surface area (Å²) in [6, 6.07) is 8.73. The second-order valence-electron chi connectivity index (χ2n) is 5.79. The minimum atomic E-state index is -0.0948. The molecule has 7 heteroatoms. The fourth-order valence-corrected chi connectivity index (χ4v) is 2.60. The molecule has 1 saturated heterocycles. The minimum Gasteiger partial charge on any atom is -0.481 e. The summed E-state index contributed by atoms with van der Waals surface area (Å²) in [7, 11) is 3.07. The molecule has 2 heterocycles. The molecule has 1 aromatic heterocycles. The molecule has 3 rings (SSSR count). The number of rotatable bonds is 6. The van der Waals surface area contributed by atoms with E-state index in [0.717, 1.165) is 18.6 Å². The van der Waals surface area contributed by atoms with Gasteiger partial charge in [0.25, 0.3) is 5.91 Å². The van der Waals surface area contributed by atoms with Crippen LogP contribution in [0.15, 0.2) is 30.3 Å². The largest absolute Gasteiger partial charge is 0.481 e. The van der Waals surface area contributed by atoms with Crippen LogP contribution in [0.3, 0.4) is 0 Å². The van der Waals surface area contributed by atoms with Gasteiger partial charge in [0.15, 0.2) is 5.82 Å². The maximum Gasteiger partial charge on any atom is 0.251 e. The van der Waals surface area contributed by atoms with Crippen molar-refractivity contribution in [3.05, 3.63) is 35.9 Å². The maximum absolute atomic E-state index is 12.2. The van der Waals surface area contributed by atoms with Gasteiger partial charge in [-0.1, -0.05) is 12.1 Å². The molecule has 1 N–H and O–H groups in total. The fraction of sp³-hybridized carbons (Fsp3) is 0.389. The molecule has 1 atom stereocenters. The average Bonchev–Trinajstić information content (AvgIpc) is 3.19. The molecule has 132 valence electrons. The lowest BCUT2D eigenvalue weighted by Gasteiger charge is -2.10. The molecule has 0 bridgehead atoms. The number of nitrogens with one attached hydrogen (secondary N) is 1. The van der Waals surface area contributed by atoms with Crippen LogP contribution in [-0.2, 0) is 4.74 Å². The zero-order valence-electron chi connectivity index (χ0n) is 14.3. The van der Waals surface area contributed by atoms with Gasteiger partial charge < -0.3 is 19.5 Å². The highest BCUT2D eigenvalue weighted by Gasteiger charge is 2.17. The summed E-state index contributed by atoms with van der Waals surface area (Å²) < 4.78 is 15.6. The van der Waals surface area contributed by atoms with Crippen molar-refractivity contribution in [2.24, 2.45) is 5.92 Å². The number of hydrogen-bond acceptors (Lipinski definition) is 6. The first-order valence-electron chi connectivity index (χ1n) is 8.13. The first-order chi connectivity index (χ1) is 12.2. The number of aromatic nitrogens is 2. The first kappa shape index (κ1) is 17.2. The molecule has 0 spiro atoms. The van der Waals surface area contributed by atoms with Crippen molar-refractivity contribution in [2.45, 2.75) is 6.42 Å². The molecular formula is C18H21N3O4. The molecule has 0 radical (unpaired) electrons. The Morgan fingerprint density at radius 1 is 1.20 bits per heavy atom. The lowest BCUT2D eigenvalue weighted by Crippen LogP contribution is -2.29. The molecule has 1 aliphatic rings. The van der Waals surface area contributed by atoms with Crippen LogP contribution in [-0.4, -0.2) is 49.9 Å². The van der Waals surface area contributed by atoms with Gasteiger partial charge in [-0.25, -0.2) is 0 Å². The van der Waals surface area contributed by atoms with E-state index in [9.17, 15) is 4.79 Å². The van der Waals surface area contributed by atoms with Gasteiger partial charge in [0, 0.05) is 30.2 Å². The molecule has 7 nitrogen and oxygen atoms in total. The zero-order valence-corrected chi connectivity index (χ0v) is 14.3. The third-order valence-electron chi connectivity index (χ3n) is 4.08. The van der Waals surface area contributed by atoms with Gasteiger partial charge in [0.1, 0.15) is 0 Å². The standard InChI is InChI=1S/C18H21N3O4/c1-23-15-9-16(24-2)21-17(20-15)13-3-5-14(6-4-13)18(22)19-10-12-7-8-25-11-12/h3-6,9,12H,7-8,10-11H2,1-2H3,(H,19,22). The van der Waals surface area contributed by atoms with E-state index in [1.807, 2.05) is 12.1 Å². The van der Waals surface area contributed by atoms with E-state index < -0.39 is 0 Å². The summed E-state index contributed by atoms with van der Waals surface area (Å²) in [5, 5.41) is 2.95.